The van der Waals surface area contributed by atoms with Gasteiger partial charge in [0.2, 0.25) is 0 Å². The van der Waals surface area contributed by atoms with Crippen molar-refractivity contribution in [1.29, 1.82) is 0 Å². The van der Waals surface area contributed by atoms with E-state index in [4.69, 9.17) is 4.42 Å². The number of fused-ring (bicyclic) bond motifs is 1. The lowest BCUT2D eigenvalue weighted by Gasteiger charge is -2.14. The van der Waals surface area contributed by atoms with Crippen LogP contribution >= 0.6 is 0 Å². The van der Waals surface area contributed by atoms with Gasteiger partial charge in [-0.25, -0.2) is 0 Å². The summed E-state index contributed by atoms with van der Waals surface area (Å²) in [4.78, 5) is 15.7. The highest BCUT2D eigenvalue weighted by Crippen LogP contribution is 2.16. The number of aromatic amines is 1. The van der Waals surface area contributed by atoms with Crippen LogP contribution in [0.1, 0.15) is 22.6 Å². The maximum Gasteiger partial charge on any atom is 0.189 e. The molecule has 0 aliphatic rings. The maximum atomic E-state index is 12.4. The smallest absolute Gasteiger partial charge is 0.189 e. The SMILES string of the molecule is Cc1cc(C)c2[nH]c(CNC[C@@H](CO)Cc3ccco3)cc(=O)c2c1. The van der Waals surface area contributed by atoms with Gasteiger partial charge in [0.1, 0.15) is 5.76 Å². The average molecular weight is 340 g/mol. The molecular formula is C20H24N2O3. The Labute approximate surface area is 146 Å². The summed E-state index contributed by atoms with van der Waals surface area (Å²) in [5.74, 6) is 0.939. The van der Waals surface area contributed by atoms with Crippen LogP contribution in [0.4, 0.5) is 0 Å². The van der Waals surface area contributed by atoms with Gasteiger partial charge in [0.15, 0.2) is 5.43 Å². The van der Waals surface area contributed by atoms with Crippen LogP contribution in [0.5, 0.6) is 0 Å². The molecule has 0 unspecified atom stereocenters. The van der Waals surface area contributed by atoms with Crippen LogP contribution in [0.15, 0.2) is 45.8 Å². The van der Waals surface area contributed by atoms with E-state index in [0.717, 1.165) is 33.5 Å². The average Bonchev–Trinajstić information content (AvgIpc) is 3.08. The van der Waals surface area contributed by atoms with Crippen molar-refractivity contribution in [3.05, 3.63) is 69.4 Å². The Morgan fingerprint density at radius 3 is 2.84 bits per heavy atom. The second-order valence-electron chi connectivity index (χ2n) is 6.63. The van der Waals surface area contributed by atoms with Crippen LogP contribution < -0.4 is 10.7 Å². The molecule has 0 aliphatic heterocycles. The molecule has 0 amide bonds. The molecule has 3 rings (SSSR count). The standard InChI is InChI=1S/C20H24N2O3/c1-13-6-14(2)20-18(7-13)19(24)9-16(22-20)11-21-10-15(12-23)8-17-4-3-5-25-17/h3-7,9,15,21,23H,8,10-12H2,1-2H3,(H,22,24)/t15-/m0/s1. The van der Waals surface area contributed by atoms with E-state index in [-0.39, 0.29) is 18.0 Å². The summed E-state index contributed by atoms with van der Waals surface area (Å²) >= 11 is 0. The molecule has 0 bridgehead atoms. The van der Waals surface area contributed by atoms with Crippen molar-refractivity contribution in [2.75, 3.05) is 13.2 Å². The quantitative estimate of drug-likeness (QED) is 0.618. The van der Waals surface area contributed by atoms with Crippen LogP contribution in [0.25, 0.3) is 10.9 Å². The van der Waals surface area contributed by atoms with Crippen LogP contribution in [0.2, 0.25) is 0 Å². The zero-order valence-electron chi connectivity index (χ0n) is 14.6. The largest absolute Gasteiger partial charge is 0.469 e. The molecule has 0 fully saturated rings. The molecule has 25 heavy (non-hydrogen) atoms. The lowest BCUT2D eigenvalue weighted by atomic mass is 10.0. The van der Waals surface area contributed by atoms with Gasteiger partial charge in [0, 0.05) is 49.2 Å². The van der Waals surface area contributed by atoms with E-state index < -0.39 is 0 Å². The second-order valence-corrected chi connectivity index (χ2v) is 6.63. The Hall–Kier alpha value is -2.37. The van der Waals surface area contributed by atoms with E-state index in [1.807, 2.05) is 32.0 Å². The molecule has 132 valence electrons. The monoisotopic (exact) mass is 340 g/mol. The number of aliphatic hydroxyl groups excluding tert-OH is 1. The molecule has 0 saturated heterocycles. The fourth-order valence-corrected chi connectivity index (χ4v) is 3.18. The third-order valence-electron chi connectivity index (χ3n) is 4.41. The van der Waals surface area contributed by atoms with Gasteiger partial charge in [-0.3, -0.25) is 4.79 Å². The fraction of sp³-hybridized carbons (Fsp3) is 0.350. The van der Waals surface area contributed by atoms with Crippen molar-refractivity contribution in [3.63, 3.8) is 0 Å². The normalized spacial score (nSPS) is 12.6. The first-order valence-electron chi connectivity index (χ1n) is 8.54. The van der Waals surface area contributed by atoms with Gasteiger partial charge in [-0.05, 0) is 43.2 Å². The minimum Gasteiger partial charge on any atom is -0.469 e. The number of rotatable bonds is 7. The number of hydrogen-bond acceptors (Lipinski definition) is 4. The molecule has 0 saturated carbocycles. The zero-order valence-corrected chi connectivity index (χ0v) is 14.6. The highest BCUT2D eigenvalue weighted by atomic mass is 16.3. The number of pyridine rings is 1. The molecule has 1 atom stereocenters. The van der Waals surface area contributed by atoms with E-state index in [2.05, 4.69) is 16.4 Å². The third kappa shape index (κ3) is 4.18. The van der Waals surface area contributed by atoms with Crippen molar-refractivity contribution < 1.29 is 9.52 Å². The molecule has 5 nitrogen and oxygen atoms in total. The first-order chi connectivity index (χ1) is 12.1. The van der Waals surface area contributed by atoms with Crippen molar-refractivity contribution >= 4 is 10.9 Å². The molecule has 2 aromatic heterocycles. The molecule has 0 aliphatic carbocycles. The lowest BCUT2D eigenvalue weighted by Crippen LogP contribution is -2.27. The minimum atomic E-state index is 0.0339. The Bertz CT molecular complexity index is 897. The van der Waals surface area contributed by atoms with Crippen molar-refractivity contribution in [3.8, 4) is 0 Å². The molecule has 2 heterocycles. The maximum absolute atomic E-state index is 12.4. The first kappa shape index (κ1) is 17.5. The molecule has 0 spiro atoms. The van der Waals surface area contributed by atoms with Gasteiger partial charge < -0.3 is 19.8 Å². The van der Waals surface area contributed by atoms with E-state index >= 15 is 0 Å². The van der Waals surface area contributed by atoms with Crippen molar-refractivity contribution in [2.24, 2.45) is 5.92 Å². The zero-order chi connectivity index (χ0) is 17.8. The van der Waals surface area contributed by atoms with Crippen LogP contribution in [-0.2, 0) is 13.0 Å². The fourth-order valence-electron chi connectivity index (χ4n) is 3.18. The molecule has 1 aromatic carbocycles. The summed E-state index contributed by atoms with van der Waals surface area (Å²) in [6, 6.07) is 9.40. The van der Waals surface area contributed by atoms with Gasteiger partial charge in [-0.1, -0.05) is 6.07 Å². The van der Waals surface area contributed by atoms with Gasteiger partial charge in [-0.2, -0.15) is 0 Å². The summed E-state index contributed by atoms with van der Waals surface area (Å²) in [5, 5.41) is 13.6. The lowest BCUT2D eigenvalue weighted by molar-refractivity contribution is 0.215. The van der Waals surface area contributed by atoms with Crippen LogP contribution in [-0.4, -0.2) is 23.2 Å². The van der Waals surface area contributed by atoms with E-state index in [1.54, 1.807) is 12.3 Å². The summed E-state index contributed by atoms with van der Waals surface area (Å²) in [5.41, 5.74) is 3.93. The van der Waals surface area contributed by atoms with E-state index in [9.17, 15) is 9.90 Å². The van der Waals surface area contributed by atoms with Crippen molar-refractivity contribution in [2.45, 2.75) is 26.8 Å². The van der Waals surface area contributed by atoms with Crippen molar-refractivity contribution in [1.82, 2.24) is 10.3 Å². The highest BCUT2D eigenvalue weighted by Gasteiger charge is 2.11. The Balaban J connectivity index is 1.67. The summed E-state index contributed by atoms with van der Waals surface area (Å²) < 4.78 is 5.33. The predicted octanol–water partition coefficient (Wildman–Crippen LogP) is 2.68. The third-order valence-corrected chi connectivity index (χ3v) is 4.41. The number of aliphatic hydroxyl groups is 1. The Kier molecular flexibility index (Phi) is 5.36. The number of aryl methyl sites for hydroxylation is 2. The van der Waals surface area contributed by atoms with Crippen LogP contribution in [0.3, 0.4) is 0 Å². The number of H-pyrrole nitrogens is 1. The highest BCUT2D eigenvalue weighted by molar-refractivity contribution is 5.82. The molecule has 3 aromatic rings. The second kappa shape index (κ2) is 7.68. The minimum absolute atomic E-state index is 0.0339. The number of furan rings is 1. The van der Waals surface area contributed by atoms with Gasteiger partial charge >= 0.3 is 0 Å². The Morgan fingerprint density at radius 2 is 2.12 bits per heavy atom. The number of nitrogens with one attached hydrogen (secondary N) is 2. The van der Waals surface area contributed by atoms with E-state index in [0.29, 0.717) is 19.5 Å². The summed E-state index contributed by atoms with van der Waals surface area (Å²) in [7, 11) is 0. The van der Waals surface area contributed by atoms with E-state index in [1.165, 1.54) is 0 Å². The summed E-state index contributed by atoms with van der Waals surface area (Å²) in [6.45, 7) is 5.28. The number of hydrogen-bond donors (Lipinski definition) is 3. The van der Waals surface area contributed by atoms with Crippen LogP contribution in [0, 0.1) is 19.8 Å². The molecule has 3 N–H and O–H groups in total. The number of benzene rings is 1. The topological polar surface area (TPSA) is 78.3 Å². The molecule has 5 heteroatoms. The summed E-state index contributed by atoms with van der Waals surface area (Å²) in [6.07, 6.45) is 2.32. The van der Waals surface area contributed by atoms with Gasteiger partial charge in [0.25, 0.3) is 0 Å². The molecular weight excluding hydrogens is 316 g/mol. The predicted molar refractivity (Wildman–Crippen MR) is 98.7 cm³/mol. The van der Waals surface area contributed by atoms with Gasteiger partial charge in [-0.15, -0.1) is 0 Å². The first-order valence-corrected chi connectivity index (χ1v) is 8.54. The Morgan fingerprint density at radius 1 is 1.28 bits per heavy atom. The number of aromatic nitrogens is 1. The molecule has 0 radical (unpaired) electrons. The van der Waals surface area contributed by atoms with Gasteiger partial charge in [0.05, 0.1) is 11.8 Å².